The number of hydrogen-bond donors (Lipinski definition) is 3. The molecule has 0 aliphatic heterocycles. The lowest BCUT2D eigenvalue weighted by atomic mass is 10.2. The van der Waals surface area contributed by atoms with Gasteiger partial charge in [-0.3, -0.25) is 9.59 Å². The van der Waals surface area contributed by atoms with Crippen molar-refractivity contribution in [2.45, 2.75) is 13.0 Å². The largest absolute Gasteiger partial charge is 0.508 e. The number of hydrogen-bond acceptors (Lipinski definition) is 4. The zero-order valence-electron chi connectivity index (χ0n) is 13.4. The highest BCUT2D eigenvalue weighted by atomic mass is 16.5. The van der Waals surface area contributed by atoms with E-state index in [1.807, 2.05) is 6.07 Å². The van der Waals surface area contributed by atoms with Crippen LogP contribution in [-0.2, 0) is 4.79 Å². The molecule has 0 radical (unpaired) electrons. The Morgan fingerprint density at radius 1 is 1.00 bits per heavy atom. The van der Waals surface area contributed by atoms with E-state index >= 15 is 0 Å². The van der Waals surface area contributed by atoms with E-state index in [9.17, 15) is 14.7 Å². The van der Waals surface area contributed by atoms with E-state index in [4.69, 9.17) is 4.74 Å². The normalized spacial score (nSPS) is 11.4. The van der Waals surface area contributed by atoms with Gasteiger partial charge in [0.2, 0.25) is 0 Å². The summed E-state index contributed by atoms with van der Waals surface area (Å²) in [5.74, 6) is 0.164. The maximum atomic E-state index is 11.9. The van der Waals surface area contributed by atoms with E-state index in [1.165, 1.54) is 12.1 Å². The molecule has 0 saturated carbocycles. The maximum absolute atomic E-state index is 11.9. The standard InChI is InChI=1S/C18H20N2O4/c1-13(24-16-9-7-15(21)8-10-16)17(22)19-11-12-20-18(23)14-5-3-2-4-6-14/h2-10,13,21H,11-12H2,1H3,(H,19,22)(H,20,23). The lowest BCUT2D eigenvalue weighted by molar-refractivity contribution is -0.127. The van der Waals surface area contributed by atoms with Crippen molar-refractivity contribution < 1.29 is 19.4 Å². The number of nitrogens with one attached hydrogen (secondary N) is 2. The molecular formula is C18H20N2O4. The van der Waals surface area contributed by atoms with Crippen molar-refractivity contribution in [3.05, 3.63) is 60.2 Å². The summed E-state index contributed by atoms with van der Waals surface area (Å²) in [6, 6.07) is 15.0. The Bertz CT molecular complexity index is 671. The SMILES string of the molecule is CC(Oc1ccc(O)cc1)C(=O)NCCNC(=O)c1ccccc1. The molecular weight excluding hydrogens is 308 g/mol. The minimum absolute atomic E-state index is 0.133. The van der Waals surface area contributed by atoms with E-state index in [-0.39, 0.29) is 17.6 Å². The van der Waals surface area contributed by atoms with Crippen LogP contribution in [0.5, 0.6) is 11.5 Å². The highest BCUT2D eigenvalue weighted by molar-refractivity contribution is 5.94. The third-order valence-electron chi connectivity index (χ3n) is 3.26. The molecule has 1 unspecified atom stereocenters. The van der Waals surface area contributed by atoms with Crippen molar-refractivity contribution in [1.29, 1.82) is 0 Å². The Morgan fingerprint density at radius 2 is 1.62 bits per heavy atom. The molecule has 0 aliphatic carbocycles. The molecule has 2 aromatic rings. The highest BCUT2D eigenvalue weighted by Gasteiger charge is 2.14. The summed E-state index contributed by atoms with van der Waals surface area (Å²) in [6.45, 7) is 2.26. The van der Waals surface area contributed by atoms with Crippen LogP contribution in [0.3, 0.4) is 0 Å². The number of benzene rings is 2. The van der Waals surface area contributed by atoms with Crippen LogP contribution in [-0.4, -0.2) is 36.1 Å². The molecule has 24 heavy (non-hydrogen) atoms. The average molecular weight is 328 g/mol. The molecule has 126 valence electrons. The first-order chi connectivity index (χ1) is 11.6. The lowest BCUT2D eigenvalue weighted by Gasteiger charge is -2.15. The van der Waals surface area contributed by atoms with E-state index in [1.54, 1.807) is 43.3 Å². The fraction of sp³-hybridized carbons (Fsp3) is 0.222. The first-order valence-electron chi connectivity index (χ1n) is 7.63. The second kappa shape index (κ2) is 8.57. The number of amides is 2. The predicted molar refractivity (Wildman–Crippen MR) is 90.0 cm³/mol. The molecule has 6 heteroatoms. The van der Waals surface area contributed by atoms with Gasteiger partial charge in [0.25, 0.3) is 11.8 Å². The zero-order valence-corrected chi connectivity index (χ0v) is 13.4. The molecule has 0 aliphatic rings. The summed E-state index contributed by atoms with van der Waals surface area (Å²) >= 11 is 0. The first-order valence-corrected chi connectivity index (χ1v) is 7.63. The van der Waals surface area contributed by atoms with Gasteiger partial charge in [-0.1, -0.05) is 18.2 Å². The van der Waals surface area contributed by atoms with E-state index < -0.39 is 6.10 Å². The minimum atomic E-state index is -0.681. The van der Waals surface area contributed by atoms with Gasteiger partial charge < -0.3 is 20.5 Å². The van der Waals surface area contributed by atoms with E-state index in [0.29, 0.717) is 24.4 Å². The Balaban J connectivity index is 1.69. The van der Waals surface area contributed by atoms with Crippen LogP contribution >= 0.6 is 0 Å². The molecule has 0 heterocycles. The summed E-state index contributed by atoms with van der Waals surface area (Å²) in [4.78, 5) is 23.8. The summed E-state index contributed by atoms with van der Waals surface area (Å²) in [5, 5.41) is 14.6. The third-order valence-corrected chi connectivity index (χ3v) is 3.26. The molecule has 0 bridgehead atoms. The third kappa shape index (κ3) is 5.31. The monoisotopic (exact) mass is 328 g/mol. The van der Waals surface area contributed by atoms with E-state index in [0.717, 1.165) is 0 Å². The number of carbonyl (C=O) groups excluding carboxylic acids is 2. The van der Waals surface area contributed by atoms with Crippen molar-refractivity contribution >= 4 is 11.8 Å². The first kappa shape index (κ1) is 17.3. The van der Waals surface area contributed by atoms with Crippen LogP contribution in [0.1, 0.15) is 17.3 Å². The van der Waals surface area contributed by atoms with Crippen molar-refractivity contribution in [3.63, 3.8) is 0 Å². The molecule has 0 aromatic heterocycles. The topological polar surface area (TPSA) is 87.7 Å². The zero-order chi connectivity index (χ0) is 17.4. The number of carbonyl (C=O) groups is 2. The summed E-state index contributed by atoms with van der Waals surface area (Å²) in [5.41, 5.74) is 0.577. The summed E-state index contributed by atoms with van der Waals surface area (Å²) in [6.07, 6.45) is -0.681. The van der Waals surface area contributed by atoms with Gasteiger partial charge in [0.05, 0.1) is 0 Å². The van der Waals surface area contributed by atoms with Crippen molar-refractivity contribution in [2.24, 2.45) is 0 Å². The fourth-order valence-corrected chi connectivity index (χ4v) is 1.98. The second-order valence-corrected chi connectivity index (χ2v) is 5.17. The molecule has 2 amide bonds. The Labute approximate surface area is 140 Å². The smallest absolute Gasteiger partial charge is 0.260 e. The quantitative estimate of drug-likeness (QED) is 0.675. The molecule has 2 aromatic carbocycles. The molecule has 1 atom stereocenters. The second-order valence-electron chi connectivity index (χ2n) is 5.17. The Kier molecular flexibility index (Phi) is 6.19. The van der Waals surface area contributed by atoms with Gasteiger partial charge in [0.1, 0.15) is 11.5 Å². The van der Waals surface area contributed by atoms with Gasteiger partial charge >= 0.3 is 0 Å². The van der Waals surface area contributed by atoms with Gasteiger partial charge in [-0.2, -0.15) is 0 Å². The fourth-order valence-electron chi connectivity index (χ4n) is 1.98. The number of rotatable bonds is 7. The molecule has 3 N–H and O–H groups in total. The van der Waals surface area contributed by atoms with Crippen LogP contribution in [0.25, 0.3) is 0 Å². The maximum Gasteiger partial charge on any atom is 0.260 e. The Hall–Kier alpha value is -3.02. The lowest BCUT2D eigenvalue weighted by Crippen LogP contribution is -2.40. The van der Waals surface area contributed by atoms with Crippen molar-refractivity contribution in [2.75, 3.05) is 13.1 Å². The summed E-state index contributed by atoms with van der Waals surface area (Å²) < 4.78 is 5.47. The molecule has 0 spiro atoms. The van der Waals surface area contributed by atoms with Crippen LogP contribution < -0.4 is 15.4 Å². The molecule has 2 rings (SSSR count). The predicted octanol–water partition coefficient (Wildman–Crippen LogP) is 1.71. The molecule has 0 fully saturated rings. The van der Waals surface area contributed by atoms with Crippen molar-refractivity contribution in [3.8, 4) is 11.5 Å². The van der Waals surface area contributed by atoms with Gasteiger partial charge in [-0.25, -0.2) is 0 Å². The molecule has 6 nitrogen and oxygen atoms in total. The van der Waals surface area contributed by atoms with Crippen LogP contribution in [0.15, 0.2) is 54.6 Å². The van der Waals surface area contributed by atoms with Crippen molar-refractivity contribution in [1.82, 2.24) is 10.6 Å². The van der Waals surface area contributed by atoms with Gasteiger partial charge in [-0.05, 0) is 43.3 Å². The van der Waals surface area contributed by atoms with Gasteiger partial charge in [0.15, 0.2) is 6.10 Å². The van der Waals surface area contributed by atoms with E-state index in [2.05, 4.69) is 10.6 Å². The van der Waals surface area contributed by atoms with Crippen LogP contribution in [0.4, 0.5) is 0 Å². The Morgan fingerprint density at radius 3 is 2.29 bits per heavy atom. The van der Waals surface area contributed by atoms with Crippen LogP contribution in [0, 0.1) is 0 Å². The number of ether oxygens (including phenoxy) is 1. The number of phenolic OH excluding ortho intramolecular Hbond substituents is 1. The van der Waals surface area contributed by atoms with Gasteiger partial charge in [-0.15, -0.1) is 0 Å². The average Bonchev–Trinajstić information content (AvgIpc) is 2.61. The minimum Gasteiger partial charge on any atom is -0.508 e. The van der Waals surface area contributed by atoms with Gasteiger partial charge in [0, 0.05) is 18.7 Å². The number of aromatic hydroxyl groups is 1. The summed E-state index contributed by atoms with van der Waals surface area (Å²) in [7, 11) is 0. The number of phenols is 1. The molecule has 0 saturated heterocycles. The van der Waals surface area contributed by atoms with Crippen LogP contribution in [0.2, 0.25) is 0 Å². The highest BCUT2D eigenvalue weighted by Crippen LogP contribution is 2.17.